The predicted octanol–water partition coefficient (Wildman–Crippen LogP) is 3.33. The molecule has 0 amide bonds. The standard InChI is InChI=1S/C20H15ClN2O3/c1-2-20(21)14-8-16-17-12(7-11-5-3-4-6-15(11)22-17)9-23(16)18(24)13(14)10-26-19(20)25/h3-8H,2,9-10H2,1H3/t20-/m0/s1. The van der Waals surface area contributed by atoms with Crippen molar-refractivity contribution in [1.82, 2.24) is 9.55 Å². The Morgan fingerprint density at radius 2 is 2.08 bits per heavy atom. The van der Waals surface area contributed by atoms with E-state index in [0.717, 1.165) is 22.2 Å². The first-order valence-corrected chi connectivity index (χ1v) is 8.93. The largest absolute Gasteiger partial charge is 0.459 e. The Morgan fingerprint density at radius 3 is 2.88 bits per heavy atom. The summed E-state index contributed by atoms with van der Waals surface area (Å²) in [4.78, 5) is 28.8. The van der Waals surface area contributed by atoms with E-state index in [9.17, 15) is 9.59 Å². The molecule has 130 valence electrons. The average molecular weight is 367 g/mol. The van der Waals surface area contributed by atoms with Crippen molar-refractivity contribution in [3.8, 4) is 11.4 Å². The number of carbonyl (C=O) groups is 1. The lowest BCUT2D eigenvalue weighted by atomic mass is 9.89. The summed E-state index contributed by atoms with van der Waals surface area (Å²) in [5.74, 6) is -0.497. The number of pyridine rings is 2. The highest BCUT2D eigenvalue weighted by molar-refractivity contribution is 6.34. The van der Waals surface area contributed by atoms with Crippen molar-refractivity contribution in [3.63, 3.8) is 0 Å². The van der Waals surface area contributed by atoms with Gasteiger partial charge in [-0.25, -0.2) is 9.78 Å². The quantitative estimate of drug-likeness (QED) is 0.383. The van der Waals surface area contributed by atoms with E-state index in [4.69, 9.17) is 21.3 Å². The zero-order chi connectivity index (χ0) is 18.1. The topological polar surface area (TPSA) is 61.2 Å². The molecule has 1 aromatic carbocycles. The molecule has 2 aromatic heterocycles. The lowest BCUT2D eigenvalue weighted by molar-refractivity contribution is -0.150. The Labute approximate surface area is 154 Å². The number of para-hydroxylation sites is 1. The van der Waals surface area contributed by atoms with E-state index in [-0.39, 0.29) is 12.2 Å². The molecule has 0 bridgehead atoms. The van der Waals surface area contributed by atoms with E-state index in [1.54, 1.807) is 4.57 Å². The van der Waals surface area contributed by atoms with Gasteiger partial charge in [0.15, 0.2) is 4.87 Å². The third-order valence-electron chi connectivity index (χ3n) is 5.36. The van der Waals surface area contributed by atoms with Crippen molar-refractivity contribution >= 4 is 28.5 Å². The van der Waals surface area contributed by atoms with Gasteiger partial charge in [0.05, 0.1) is 29.0 Å². The minimum absolute atomic E-state index is 0.0342. The van der Waals surface area contributed by atoms with E-state index < -0.39 is 10.8 Å². The smallest absolute Gasteiger partial charge is 0.332 e. The van der Waals surface area contributed by atoms with E-state index in [1.807, 2.05) is 37.3 Å². The van der Waals surface area contributed by atoms with Gasteiger partial charge in [0, 0.05) is 10.9 Å². The lowest BCUT2D eigenvalue weighted by Gasteiger charge is -2.31. The molecule has 3 aromatic rings. The number of aromatic nitrogens is 2. The Balaban J connectivity index is 1.81. The summed E-state index contributed by atoms with van der Waals surface area (Å²) in [6.45, 7) is 2.24. The fourth-order valence-electron chi connectivity index (χ4n) is 3.90. The van der Waals surface area contributed by atoms with Crippen LogP contribution in [0.5, 0.6) is 0 Å². The molecule has 0 fully saturated rings. The molecule has 0 spiro atoms. The highest BCUT2D eigenvalue weighted by Gasteiger charge is 2.45. The molecule has 0 unspecified atom stereocenters. The molecule has 0 radical (unpaired) electrons. The number of hydrogen-bond acceptors (Lipinski definition) is 4. The monoisotopic (exact) mass is 366 g/mol. The third-order valence-corrected chi connectivity index (χ3v) is 5.98. The normalized spacial score (nSPS) is 20.5. The molecule has 2 aliphatic heterocycles. The minimum Gasteiger partial charge on any atom is -0.459 e. The molecule has 0 aliphatic carbocycles. The van der Waals surface area contributed by atoms with Crippen molar-refractivity contribution < 1.29 is 9.53 Å². The van der Waals surface area contributed by atoms with Gasteiger partial charge in [-0.3, -0.25) is 4.79 Å². The van der Waals surface area contributed by atoms with Gasteiger partial charge in [-0.05, 0) is 30.2 Å². The summed E-state index contributed by atoms with van der Waals surface area (Å²) in [7, 11) is 0. The summed E-state index contributed by atoms with van der Waals surface area (Å²) in [6.07, 6.45) is 0.349. The second-order valence-electron chi connectivity index (χ2n) is 6.73. The van der Waals surface area contributed by atoms with Gasteiger partial charge in [0.1, 0.15) is 6.61 Å². The molecule has 0 saturated carbocycles. The summed E-state index contributed by atoms with van der Waals surface area (Å²) in [5.41, 5.74) is 4.20. The van der Waals surface area contributed by atoms with Crippen LogP contribution in [0.25, 0.3) is 22.3 Å². The van der Waals surface area contributed by atoms with Crippen LogP contribution in [0.3, 0.4) is 0 Å². The van der Waals surface area contributed by atoms with Crippen LogP contribution >= 0.6 is 11.6 Å². The molecular formula is C20H15ClN2O3. The van der Waals surface area contributed by atoms with Gasteiger partial charge >= 0.3 is 5.97 Å². The van der Waals surface area contributed by atoms with Crippen LogP contribution in [0, 0.1) is 0 Å². The van der Waals surface area contributed by atoms with Gasteiger partial charge in [0.25, 0.3) is 5.56 Å². The maximum Gasteiger partial charge on any atom is 0.332 e. The average Bonchev–Trinajstić information content (AvgIpc) is 3.01. The van der Waals surface area contributed by atoms with Gasteiger partial charge in [-0.15, -0.1) is 11.6 Å². The number of nitrogens with zero attached hydrogens (tertiary/aromatic N) is 2. The molecule has 5 rings (SSSR count). The van der Waals surface area contributed by atoms with Crippen LogP contribution in [0.1, 0.15) is 30.0 Å². The lowest BCUT2D eigenvalue weighted by Crippen LogP contribution is -2.40. The molecule has 5 nitrogen and oxygen atoms in total. The summed E-state index contributed by atoms with van der Waals surface area (Å²) >= 11 is 6.59. The zero-order valence-electron chi connectivity index (χ0n) is 14.1. The number of ether oxygens (including phenoxy) is 1. The van der Waals surface area contributed by atoms with Crippen molar-refractivity contribution in [2.45, 2.75) is 31.4 Å². The fourth-order valence-corrected chi connectivity index (χ4v) is 4.13. The summed E-state index contributed by atoms with van der Waals surface area (Å²) in [6, 6.07) is 11.8. The van der Waals surface area contributed by atoms with Crippen LogP contribution < -0.4 is 5.56 Å². The highest BCUT2D eigenvalue weighted by atomic mass is 35.5. The van der Waals surface area contributed by atoms with Crippen LogP contribution in [-0.2, 0) is 27.6 Å². The van der Waals surface area contributed by atoms with Crippen molar-refractivity contribution in [2.75, 3.05) is 0 Å². The van der Waals surface area contributed by atoms with Gasteiger partial charge in [-0.1, -0.05) is 25.1 Å². The van der Waals surface area contributed by atoms with E-state index >= 15 is 0 Å². The SMILES string of the molecule is CC[C@@]1(Cl)C(=O)OCc2c1cc1n(c2=O)Cc2cc3ccccc3nc2-1. The Hall–Kier alpha value is -2.66. The van der Waals surface area contributed by atoms with E-state index in [2.05, 4.69) is 6.07 Å². The highest BCUT2D eigenvalue weighted by Crippen LogP contribution is 2.42. The maximum atomic E-state index is 13.1. The number of esters is 1. The summed E-state index contributed by atoms with van der Waals surface area (Å²) < 4.78 is 6.89. The second-order valence-corrected chi connectivity index (χ2v) is 7.38. The van der Waals surface area contributed by atoms with E-state index in [1.165, 1.54) is 0 Å². The number of halogens is 1. The number of benzene rings is 1. The predicted molar refractivity (Wildman–Crippen MR) is 98.2 cm³/mol. The number of carbonyl (C=O) groups excluding carboxylic acids is 1. The van der Waals surface area contributed by atoms with Gasteiger partial charge < -0.3 is 9.30 Å². The Morgan fingerprint density at radius 1 is 1.27 bits per heavy atom. The molecule has 1 atom stereocenters. The Kier molecular flexibility index (Phi) is 3.10. The number of fused-ring (bicyclic) bond motifs is 5. The zero-order valence-corrected chi connectivity index (χ0v) is 14.8. The molecular weight excluding hydrogens is 352 g/mol. The first-order valence-electron chi connectivity index (χ1n) is 8.55. The van der Waals surface area contributed by atoms with Gasteiger partial charge in [0.2, 0.25) is 0 Å². The number of hydrogen-bond donors (Lipinski definition) is 0. The van der Waals surface area contributed by atoms with Crippen molar-refractivity contribution in [3.05, 3.63) is 63.4 Å². The first kappa shape index (κ1) is 15.6. The van der Waals surface area contributed by atoms with Crippen LogP contribution in [0.15, 0.2) is 41.2 Å². The molecule has 4 heterocycles. The maximum absolute atomic E-state index is 13.1. The van der Waals surface area contributed by atoms with Crippen LogP contribution in [0.4, 0.5) is 0 Å². The molecule has 0 saturated heterocycles. The number of rotatable bonds is 1. The minimum atomic E-state index is -1.32. The van der Waals surface area contributed by atoms with E-state index in [0.29, 0.717) is 29.8 Å². The van der Waals surface area contributed by atoms with Crippen molar-refractivity contribution in [1.29, 1.82) is 0 Å². The summed E-state index contributed by atoms with van der Waals surface area (Å²) in [5, 5.41) is 1.04. The third kappa shape index (κ3) is 1.89. The van der Waals surface area contributed by atoms with Crippen molar-refractivity contribution in [2.24, 2.45) is 0 Å². The van der Waals surface area contributed by atoms with Crippen LogP contribution in [0.2, 0.25) is 0 Å². The molecule has 0 N–H and O–H groups in total. The molecule has 6 heteroatoms. The van der Waals surface area contributed by atoms with Gasteiger partial charge in [-0.2, -0.15) is 0 Å². The van der Waals surface area contributed by atoms with Crippen LogP contribution in [-0.4, -0.2) is 15.5 Å². The second kappa shape index (κ2) is 5.17. The number of alkyl halides is 1. The Bertz CT molecular complexity index is 1170. The molecule has 2 aliphatic rings. The molecule has 26 heavy (non-hydrogen) atoms. The number of cyclic esters (lactones) is 1. The first-order chi connectivity index (χ1) is 12.5. The fraction of sp³-hybridized carbons (Fsp3) is 0.250.